The summed E-state index contributed by atoms with van der Waals surface area (Å²) in [4.78, 5) is 0. The van der Waals surface area contributed by atoms with Crippen molar-refractivity contribution < 1.29 is 0 Å². The van der Waals surface area contributed by atoms with Gasteiger partial charge in [-0.25, -0.2) is 0 Å². The monoisotopic (exact) mass is 437 g/mol. The molecule has 0 amide bonds. The molecule has 29 heavy (non-hydrogen) atoms. The summed E-state index contributed by atoms with van der Waals surface area (Å²) in [5.74, 6) is 4.53. The van der Waals surface area contributed by atoms with Crippen molar-refractivity contribution in [3.8, 4) is 0 Å². The lowest BCUT2D eigenvalue weighted by Crippen LogP contribution is -2.25. The summed E-state index contributed by atoms with van der Waals surface area (Å²) >= 11 is 4.37. The zero-order valence-corrected chi connectivity index (χ0v) is 21.0. The van der Waals surface area contributed by atoms with E-state index in [0.717, 1.165) is 40.9 Å². The Morgan fingerprint density at radius 3 is 1.69 bits per heavy atom. The molecule has 2 aliphatic rings. The molecule has 168 valence electrons. The van der Waals surface area contributed by atoms with Crippen molar-refractivity contribution in [3.63, 3.8) is 0 Å². The van der Waals surface area contributed by atoms with Crippen molar-refractivity contribution in [1.82, 2.24) is 0 Å². The van der Waals surface area contributed by atoms with Gasteiger partial charge in [0.1, 0.15) is 0 Å². The number of hydrogen-bond acceptors (Lipinski definition) is 3. The second-order valence-electron chi connectivity index (χ2n) is 9.76. The average Bonchev–Trinajstić information content (AvgIpc) is 2.70. The van der Waals surface area contributed by atoms with E-state index in [1.807, 2.05) is 0 Å². The fourth-order valence-corrected chi connectivity index (χ4v) is 7.14. The molecule has 2 aliphatic carbocycles. The lowest BCUT2D eigenvalue weighted by molar-refractivity contribution is 0.362. The lowest BCUT2D eigenvalue weighted by atomic mass is 9.87. The van der Waals surface area contributed by atoms with Crippen molar-refractivity contribution in [2.75, 3.05) is 11.5 Å². The molecule has 1 nitrogen and oxygen atoms in total. The van der Waals surface area contributed by atoms with Crippen LogP contribution in [0.2, 0.25) is 0 Å². The van der Waals surface area contributed by atoms with E-state index in [9.17, 15) is 0 Å². The molecule has 0 aliphatic heterocycles. The van der Waals surface area contributed by atoms with Crippen LogP contribution in [-0.4, -0.2) is 27.7 Å². The maximum atomic E-state index is 8.16. The van der Waals surface area contributed by atoms with E-state index >= 15 is 0 Å². The molecular formula is C26H47NS2. The predicted octanol–water partition coefficient (Wildman–Crippen LogP) is 8.92. The molecule has 0 saturated heterocycles. The van der Waals surface area contributed by atoms with Crippen molar-refractivity contribution in [2.45, 2.75) is 121 Å². The Hall–Kier alpha value is 0.110. The zero-order valence-electron chi connectivity index (χ0n) is 19.4. The molecular weight excluding hydrogens is 390 g/mol. The zero-order chi connectivity index (χ0) is 20.9. The topological polar surface area (TPSA) is 23.9 Å². The molecule has 0 aromatic heterocycles. The smallest absolute Gasteiger partial charge is 0.00894 e. The quantitative estimate of drug-likeness (QED) is 0.131. The van der Waals surface area contributed by atoms with Crippen LogP contribution in [0.25, 0.3) is 0 Å². The SMILES string of the molecule is C=C(CCCCCCC(=N)CCCSC1CCC1C)CCCCSC1CCC1C. The first kappa shape index (κ1) is 25.4. The molecule has 3 heteroatoms. The fraction of sp³-hybridized carbons (Fsp3) is 0.885. The molecule has 4 atom stereocenters. The molecule has 4 unspecified atom stereocenters. The first-order chi connectivity index (χ1) is 14.1. The highest BCUT2D eigenvalue weighted by molar-refractivity contribution is 8.00. The van der Waals surface area contributed by atoms with Gasteiger partial charge in [0.25, 0.3) is 0 Å². The Kier molecular flexibility index (Phi) is 13.1. The van der Waals surface area contributed by atoms with Gasteiger partial charge in [0.05, 0.1) is 0 Å². The van der Waals surface area contributed by atoms with Crippen LogP contribution in [0.1, 0.15) is 110 Å². The molecule has 0 radical (unpaired) electrons. The first-order valence-electron chi connectivity index (χ1n) is 12.5. The normalized spacial score (nSPS) is 26.0. The predicted molar refractivity (Wildman–Crippen MR) is 137 cm³/mol. The van der Waals surface area contributed by atoms with Crippen molar-refractivity contribution in [3.05, 3.63) is 12.2 Å². The van der Waals surface area contributed by atoms with Crippen LogP contribution in [0, 0.1) is 17.2 Å². The third-order valence-electron chi connectivity index (χ3n) is 7.05. The largest absolute Gasteiger partial charge is 0.310 e. The minimum atomic E-state index is 0.925. The molecule has 0 bridgehead atoms. The number of nitrogens with one attached hydrogen (secondary N) is 1. The van der Waals surface area contributed by atoms with E-state index in [1.165, 1.54) is 101 Å². The molecule has 2 fully saturated rings. The van der Waals surface area contributed by atoms with Crippen LogP contribution in [0.5, 0.6) is 0 Å². The number of hydrogen-bond donors (Lipinski definition) is 1. The lowest BCUT2D eigenvalue weighted by Gasteiger charge is -2.33. The molecule has 1 N–H and O–H groups in total. The average molecular weight is 438 g/mol. The standard InChI is InChI=1S/C26H47NS2/c1-21(12-8-9-19-28-25-17-15-22(25)2)11-6-4-5-7-13-24(27)14-10-20-29-26-18-16-23(26)3/h22-23,25-27H,1,4-20H2,2-3H3. The van der Waals surface area contributed by atoms with E-state index < -0.39 is 0 Å². The maximum absolute atomic E-state index is 8.16. The van der Waals surface area contributed by atoms with Gasteiger partial charge in [0.2, 0.25) is 0 Å². The second kappa shape index (κ2) is 15.0. The van der Waals surface area contributed by atoms with Gasteiger partial charge in [0.15, 0.2) is 0 Å². The van der Waals surface area contributed by atoms with Crippen LogP contribution in [0.4, 0.5) is 0 Å². The molecule has 2 saturated carbocycles. The Bertz CT molecular complexity index is 475. The van der Waals surface area contributed by atoms with E-state index in [1.54, 1.807) is 0 Å². The van der Waals surface area contributed by atoms with Gasteiger partial charge >= 0.3 is 0 Å². The summed E-state index contributed by atoms with van der Waals surface area (Å²) in [5, 5.41) is 10.1. The van der Waals surface area contributed by atoms with E-state index in [0.29, 0.717) is 0 Å². The number of thioether (sulfide) groups is 2. The molecule has 0 aromatic rings. The molecule has 0 heterocycles. The Balaban J connectivity index is 1.29. The van der Waals surface area contributed by atoms with Crippen LogP contribution in [0.3, 0.4) is 0 Å². The van der Waals surface area contributed by atoms with Gasteiger partial charge in [-0.05, 0) is 107 Å². The summed E-state index contributed by atoms with van der Waals surface area (Å²) in [5.41, 5.74) is 2.46. The second-order valence-corrected chi connectivity index (χ2v) is 12.5. The van der Waals surface area contributed by atoms with E-state index in [-0.39, 0.29) is 0 Å². The summed E-state index contributed by atoms with van der Waals surface area (Å²) in [6, 6.07) is 0. The Morgan fingerprint density at radius 2 is 1.17 bits per heavy atom. The van der Waals surface area contributed by atoms with Crippen LogP contribution >= 0.6 is 23.5 Å². The van der Waals surface area contributed by atoms with Crippen molar-refractivity contribution in [2.24, 2.45) is 11.8 Å². The fourth-order valence-electron chi connectivity index (χ4n) is 4.32. The summed E-state index contributed by atoms with van der Waals surface area (Å²) in [6.07, 6.45) is 19.3. The highest BCUT2D eigenvalue weighted by atomic mass is 32.2. The van der Waals surface area contributed by atoms with Crippen molar-refractivity contribution in [1.29, 1.82) is 5.41 Å². The maximum Gasteiger partial charge on any atom is 0.00894 e. The van der Waals surface area contributed by atoms with E-state index in [4.69, 9.17) is 5.41 Å². The van der Waals surface area contributed by atoms with E-state index in [2.05, 4.69) is 44.0 Å². The van der Waals surface area contributed by atoms with Gasteiger partial charge in [-0.2, -0.15) is 23.5 Å². The van der Waals surface area contributed by atoms with Gasteiger partial charge in [-0.15, -0.1) is 0 Å². The van der Waals surface area contributed by atoms with Gasteiger partial charge in [-0.3, -0.25) is 0 Å². The number of rotatable bonds is 18. The Morgan fingerprint density at radius 1 is 0.690 bits per heavy atom. The third-order valence-corrected chi connectivity index (χ3v) is 10.4. The van der Waals surface area contributed by atoms with Crippen molar-refractivity contribution >= 4 is 29.2 Å². The summed E-state index contributed by atoms with van der Waals surface area (Å²) in [6.45, 7) is 9.09. The highest BCUT2D eigenvalue weighted by Gasteiger charge is 2.27. The van der Waals surface area contributed by atoms with Crippen LogP contribution in [-0.2, 0) is 0 Å². The van der Waals surface area contributed by atoms with Crippen LogP contribution in [0.15, 0.2) is 12.2 Å². The highest BCUT2D eigenvalue weighted by Crippen LogP contribution is 2.38. The van der Waals surface area contributed by atoms with Crippen LogP contribution < -0.4 is 0 Å². The molecule has 0 aromatic carbocycles. The van der Waals surface area contributed by atoms with Gasteiger partial charge in [0, 0.05) is 16.2 Å². The Labute approximate surface area is 190 Å². The number of unbranched alkanes of at least 4 members (excludes halogenated alkanes) is 4. The molecule has 0 spiro atoms. The third kappa shape index (κ3) is 10.8. The number of allylic oxidation sites excluding steroid dienone is 1. The van der Waals surface area contributed by atoms with Gasteiger partial charge < -0.3 is 5.41 Å². The minimum absolute atomic E-state index is 0.925. The van der Waals surface area contributed by atoms with Gasteiger partial charge in [-0.1, -0.05) is 38.8 Å². The summed E-state index contributed by atoms with van der Waals surface area (Å²) < 4.78 is 0. The summed E-state index contributed by atoms with van der Waals surface area (Å²) in [7, 11) is 0. The molecule has 2 rings (SSSR count). The minimum Gasteiger partial charge on any atom is -0.310 e. The first-order valence-corrected chi connectivity index (χ1v) is 14.6.